The van der Waals surface area contributed by atoms with Gasteiger partial charge in [0.15, 0.2) is 0 Å². The molecule has 8 nitrogen and oxygen atoms in total. The van der Waals surface area contributed by atoms with Crippen molar-refractivity contribution >= 4 is 17.8 Å². The van der Waals surface area contributed by atoms with Crippen LogP contribution >= 0.6 is 0 Å². The molecule has 1 aromatic rings. The van der Waals surface area contributed by atoms with Crippen LogP contribution < -0.4 is 4.74 Å². The molecule has 0 bridgehead atoms. The topological polar surface area (TPSA) is 96.4 Å². The second kappa shape index (κ2) is 8.60. The van der Waals surface area contributed by atoms with Crippen LogP contribution in [0.1, 0.15) is 24.8 Å². The van der Waals surface area contributed by atoms with Crippen molar-refractivity contribution in [1.29, 1.82) is 0 Å². The average Bonchev–Trinajstić information content (AvgIpc) is 3.25. The number of likely N-dealkylation sites (tertiary alicyclic amines) is 2. The smallest absolute Gasteiger partial charge is 0.305 e. The Kier molecular flexibility index (Phi) is 6.18. The number of methoxy groups -OCH3 is 2. The normalized spacial score (nSPS) is 24.6. The molecule has 3 atom stereocenters. The van der Waals surface area contributed by atoms with Crippen LogP contribution in [0.3, 0.4) is 0 Å². The fourth-order valence-corrected chi connectivity index (χ4v) is 3.99. The summed E-state index contributed by atoms with van der Waals surface area (Å²) in [6.45, 7) is 1.15. The van der Waals surface area contributed by atoms with Crippen molar-refractivity contribution in [1.82, 2.24) is 9.80 Å². The zero-order chi connectivity index (χ0) is 20.3. The molecule has 0 radical (unpaired) electrons. The van der Waals surface area contributed by atoms with Gasteiger partial charge < -0.3 is 24.4 Å². The van der Waals surface area contributed by atoms with Gasteiger partial charge in [-0.1, -0.05) is 12.1 Å². The van der Waals surface area contributed by atoms with E-state index in [9.17, 15) is 14.4 Å². The van der Waals surface area contributed by atoms with Gasteiger partial charge in [-0.25, -0.2) is 0 Å². The third kappa shape index (κ3) is 4.44. The van der Waals surface area contributed by atoms with Crippen LogP contribution in [-0.2, 0) is 25.7 Å². The van der Waals surface area contributed by atoms with E-state index in [1.165, 1.54) is 0 Å². The molecule has 2 amide bonds. The first kappa shape index (κ1) is 20.1. The SMILES string of the molecule is COc1ccc(CN2CC(C(=O)N3CC(OC)CC3CC(=O)O)CC2=O)cc1. The highest BCUT2D eigenvalue weighted by molar-refractivity contribution is 5.89. The van der Waals surface area contributed by atoms with Crippen LogP contribution in [0.5, 0.6) is 5.75 Å². The molecule has 0 saturated carbocycles. The molecular formula is C20H26N2O6. The van der Waals surface area contributed by atoms with Crippen molar-refractivity contribution in [3.8, 4) is 5.75 Å². The van der Waals surface area contributed by atoms with Crippen molar-refractivity contribution in [2.75, 3.05) is 27.3 Å². The highest BCUT2D eigenvalue weighted by Gasteiger charge is 2.42. The number of hydrogen-bond donors (Lipinski definition) is 1. The minimum Gasteiger partial charge on any atom is -0.497 e. The molecule has 2 aliphatic heterocycles. The Labute approximate surface area is 164 Å². The van der Waals surface area contributed by atoms with Crippen molar-refractivity contribution < 1.29 is 29.0 Å². The van der Waals surface area contributed by atoms with Gasteiger partial charge in [0.2, 0.25) is 11.8 Å². The van der Waals surface area contributed by atoms with Gasteiger partial charge in [0.05, 0.1) is 25.6 Å². The minimum absolute atomic E-state index is 0.0635. The lowest BCUT2D eigenvalue weighted by Gasteiger charge is -2.26. The molecule has 0 aliphatic carbocycles. The summed E-state index contributed by atoms with van der Waals surface area (Å²) in [4.78, 5) is 39.9. The number of carbonyl (C=O) groups is 3. The number of nitrogens with zero attached hydrogens (tertiary/aromatic N) is 2. The van der Waals surface area contributed by atoms with E-state index in [2.05, 4.69) is 0 Å². The summed E-state index contributed by atoms with van der Waals surface area (Å²) in [6, 6.07) is 7.08. The maximum Gasteiger partial charge on any atom is 0.305 e. The van der Waals surface area contributed by atoms with E-state index >= 15 is 0 Å². The number of hydrogen-bond acceptors (Lipinski definition) is 5. The largest absolute Gasteiger partial charge is 0.497 e. The Hall–Kier alpha value is -2.61. The molecule has 152 valence electrons. The van der Waals surface area contributed by atoms with Crippen molar-refractivity contribution in [3.63, 3.8) is 0 Å². The summed E-state index contributed by atoms with van der Waals surface area (Å²) in [7, 11) is 3.16. The molecule has 1 N–H and O–H groups in total. The van der Waals surface area contributed by atoms with Crippen LogP contribution in [0.4, 0.5) is 0 Å². The second-order valence-corrected chi connectivity index (χ2v) is 7.36. The molecule has 3 unspecified atom stereocenters. The molecule has 1 aromatic carbocycles. The fourth-order valence-electron chi connectivity index (χ4n) is 3.99. The van der Waals surface area contributed by atoms with Gasteiger partial charge in [-0.2, -0.15) is 0 Å². The number of carbonyl (C=O) groups excluding carboxylic acids is 2. The Morgan fingerprint density at radius 3 is 2.50 bits per heavy atom. The van der Waals surface area contributed by atoms with Crippen LogP contribution in [0.25, 0.3) is 0 Å². The van der Waals surface area contributed by atoms with Crippen molar-refractivity contribution in [2.24, 2.45) is 5.92 Å². The standard InChI is InChI=1S/C20H26N2O6/c1-27-16-5-3-13(4-6-16)10-21-11-14(7-18(21)23)20(26)22-12-17(28-2)8-15(22)9-19(24)25/h3-6,14-15,17H,7-12H2,1-2H3,(H,24,25). The Balaban J connectivity index is 1.64. The zero-order valence-corrected chi connectivity index (χ0v) is 16.2. The first-order valence-corrected chi connectivity index (χ1v) is 9.37. The number of carboxylic acid groups (broad SMARTS) is 1. The Morgan fingerprint density at radius 1 is 1.18 bits per heavy atom. The lowest BCUT2D eigenvalue weighted by atomic mass is 10.1. The van der Waals surface area contributed by atoms with E-state index in [-0.39, 0.29) is 36.8 Å². The van der Waals surface area contributed by atoms with Crippen molar-refractivity contribution in [3.05, 3.63) is 29.8 Å². The molecule has 28 heavy (non-hydrogen) atoms. The van der Waals surface area contributed by atoms with Gasteiger partial charge in [-0.15, -0.1) is 0 Å². The van der Waals surface area contributed by atoms with Gasteiger partial charge in [0.25, 0.3) is 0 Å². The van der Waals surface area contributed by atoms with Crippen LogP contribution in [-0.4, -0.2) is 72.1 Å². The maximum absolute atomic E-state index is 13.0. The minimum atomic E-state index is -0.941. The summed E-state index contributed by atoms with van der Waals surface area (Å²) >= 11 is 0. The van der Waals surface area contributed by atoms with Gasteiger partial charge in [0.1, 0.15) is 5.75 Å². The molecule has 2 fully saturated rings. The van der Waals surface area contributed by atoms with E-state index in [0.29, 0.717) is 26.1 Å². The number of amides is 2. The molecule has 0 spiro atoms. The molecule has 2 saturated heterocycles. The highest BCUT2D eigenvalue weighted by atomic mass is 16.5. The lowest BCUT2D eigenvalue weighted by Crippen LogP contribution is -2.41. The summed E-state index contributed by atoms with van der Waals surface area (Å²) < 4.78 is 10.5. The van der Waals surface area contributed by atoms with Crippen LogP contribution in [0.2, 0.25) is 0 Å². The van der Waals surface area contributed by atoms with Gasteiger partial charge >= 0.3 is 5.97 Å². The Morgan fingerprint density at radius 2 is 1.89 bits per heavy atom. The first-order chi connectivity index (χ1) is 13.4. The van der Waals surface area contributed by atoms with Crippen LogP contribution in [0, 0.1) is 5.92 Å². The lowest BCUT2D eigenvalue weighted by molar-refractivity contribution is -0.141. The molecule has 8 heteroatoms. The van der Waals surface area contributed by atoms with E-state index in [0.717, 1.165) is 11.3 Å². The number of aliphatic carboxylic acids is 1. The quantitative estimate of drug-likeness (QED) is 0.750. The van der Waals surface area contributed by atoms with Crippen molar-refractivity contribution in [2.45, 2.75) is 38.0 Å². The second-order valence-electron chi connectivity index (χ2n) is 7.36. The predicted molar refractivity (Wildman–Crippen MR) is 99.7 cm³/mol. The number of rotatable bonds is 7. The summed E-state index contributed by atoms with van der Waals surface area (Å²) in [5, 5.41) is 9.13. The van der Waals surface area contributed by atoms with E-state index in [4.69, 9.17) is 14.6 Å². The van der Waals surface area contributed by atoms with E-state index in [1.807, 2.05) is 24.3 Å². The third-order valence-corrected chi connectivity index (χ3v) is 5.50. The maximum atomic E-state index is 13.0. The zero-order valence-electron chi connectivity index (χ0n) is 16.2. The summed E-state index contributed by atoms with van der Waals surface area (Å²) in [5.74, 6) is -0.862. The van der Waals surface area contributed by atoms with E-state index in [1.54, 1.807) is 24.0 Å². The van der Waals surface area contributed by atoms with Crippen LogP contribution in [0.15, 0.2) is 24.3 Å². The molecule has 0 aromatic heterocycles. The predicted octanol–water partition coefficient (Wildman–Crippen LogP) is 1.13. The average molecular weight is 390 g/mol. The molecule has 2 aliphatic rings. The van der Waals surface area contributed by atoms with Gasteiger partial charge in [0, 0.05) is 39.2 Å². The summed E-state index contributed by atoms with van der Waals surface area (Å²) in [5.41, 5.74) is 0.964. The molecule has 3 rings (SSSR count). The highest BCUT2D eigenvalue weighted by Crippen LogP contribution is 2.29. The summed E-state index contributed by atoms with van der Waals surface area (Å²) in [6.07, 6.45) is 0.385. The molecule has 2 heterocycles. The third-order valence-electron chi connectivity index (χ3n) is 5.50. The van der Waals surface area contributed by atoms with E-state index < -0.39 is 11.9 Å². The number of ether oxygens (including phenoxy) is 2. The first-order valence-electron chi connectivity index (χ1n) is 9.37. The molecular weight excluding hydrogens is 364 g/mol. The van der Waals surface area contributed by atoms with Gasteiger partial charge in [-0.3, -0.25) is 14.4 Å². The van der Waals surface area contributed by atoms with Gasteiger partial charge in [-0.05, 0) is 24.1 Å². The fraction of sp³-hybridized carbons (Fsp3) is 0.550. The number of carboxylic acids is 1. The number of benzene rings is 1. The Bertz CT molecular complexity index is 735. The monoisotopic (exact) mass is 390 g/mol.